The number of esters is 2. The van der Waals surface area contributed by atoms with Gasteiger partial charge in [-0.25, -0.2) is 9.69 Å². The van der Waals surface area contributed by atoms with Gasteiger partial charge in [-0.3, -0.25) is 14.4 Å². The third-order valence-corrected chi connectivity index (χ3v) is 6.11. The third kappa shape index (κ3) is 5.51. The zero-order valence-corrected chi connectivity index (χ0v) is 18.7. The Hall–Kier alpha value is -2.70. The number of anilines is 1. The number of thiophene rings is 1. The number of terminal acetylenes is 1. The molecule has 2 amide bonds. The number of hydrogen-bond donors (Lipinski definition) is 0. The summed E-state index contributed by atoms with van der Waals surface area (Å²) >= 11 is 6.81. The van der Waals surface area contributed by atoms with Crippen LogP contribution in [-0.2, 0) is 35.1 Å². The van der Waals surface area contributed by atoms with E-state index in [-0.39, 0.29) is 53.3 Å². The predicted octanol–water partition coefficient (Wildman–Crippen LogP) is 3.57. The van der Waals surface area contributed by atoms with E-state index >= 15 is 0 Å². The van der Waals surface area contributed by atoms with Crippen LogP contribution in [0.5, 0.6) is 0 Å². The van der Waals surface area contributed by atoms with Crippen molar-refractivity contribution in [1.82, 2.24) is 0 Å². The van der Waals surface area contributed by atoms with Crippen LogP contribution in [0.1, 0.15) is 43.9 Å². The van der Waals surface area contributed by atoms with Gasteiger partial charge in [0.25, 0.3) is 5.91 Å². The highest BCUT2D eigenvalue weighted by molar-refractivity contribution is 7.11. The third-order valence-electron chi connectivity index (χ3n) is 4.62. The van der Waals surface area contributed by atoms with Gasteiger partial charge in [-0.05, 0) is 25.7 Å². The molecule has 1 aliphatic carbocycles. The lowest BCUT2D eigenvalue weighted by atomic mass is 9.90. The molecule has 1 aromatic heterocycles. The van der Waals surface area contributed by atoms with Gasteiger partial charge in [0.05, 0.1) is 18.6 Å². The van der Waals surface area contributed by atoms with E-state index in [0.717, 1.165) is 0 Å². The molecule has 10 heteroatoms. The number of amides is 2. The summed E-state index contributed by atoms with van der Waals surface area (Å²) in [5, 5.41) is -1.12. The molecule has 1 heterocycles. The highest BCUT2D eigenvalue weighted by Crippen LogP contribution is 2.41. The zero-order chi connectivity index (χ0) is 23.1. The quantitative estimate of drug-likeness (QED) is 0.448. The zero-order valence-electron chi connectivity index (χ0n) is 17.1. The van der Waals surface area contributed by atoms with E-state index in [1.807, 2.05) is 0 Å². The molecule has 0 saturated carbocycles. The first-order valence-electron chi connectivity index (χ1n) is 9.50. The second-order valence-electron chi connectivity index (χ2n) is 6.55. The molecule has 0 radical (unpaired) electrons. The van der Waals surface area contributed by atoms with Crippen molar-refractivity contribution in [3.8, 4) is 12.3 Å². The maximum absolute atomic E-state index is 14.8. The number of methoxy groups -OCH3 is 1. The number of nitrogens with zero attached hydrogens (tertiary/aromatic N) is 1. The first-order valence-corrected chi connectivity index (χ1v) is 10.7. The second kappa shape index (κ2) is 11.1. The fourth-order valence-electron chi connectivity index (χ4n) is 3.12. The monoisotopic (exact) mass is 469 g/mol. The molecule has 31 heavy (non-hydrogen) atoms. The first kappa shape index (κ1) is 24.6. The van der Waals surface area contributed by atoms with Crippen molar-refractivity contribution in [2.75, 3.05) is 18.6 Å². The van der Waals surface area contributed by atoms with E-state index in [2.05, 4.69) is 10.7 Å². The van der Waals surface area contributed by atoms with Crippen LogP contribution in [-0.4, -0.2) is 37.5 Å². The van der Waals surface area contributed by atoms with Gasteiger partial charge in [-0.15, -0.1) is 17.8 Å². The van der Waals surface area contributed by atoms with Crippen molar-refractivity contribution in [1.29, 1.82) is 0 Å². The van der Waals surface area contributed by atoms with Crippen molar-refractivity contribution in [3.05, 3.63) is 26.2 Å². The van der Waals surface area contributed by atoms with Crippen molar-refractivity contribution < 1.29 is 33.0 Å². The summed E-state index contributed by atoms with van der Waals surface area (Å²) in [6.45, 7) is 1.25. The van der Waals surface area contributed by atoms with Gasteiger partial charge in [0, 0.05) is 22.4 Å². The van der Waals surface area contributed by atoms with Crippen molar-refractivity contribution in [3.63, 3.8) is 0 Å². The average Bonchev–Trinajstić information content (AvgIpc) is 3.04. The highest BCUT2D eigenvalue weighted by Gasteiger charge is 2.35. The minimum absolute atomic E-state index is 0.0613. The van der Waals surface area contributed by atoms with Crippen LogP contribution in [0, 0.1) is 17.5 Å². The number of ether oxygens (including phenoxy) is 2. The molecule has 0 bridgehead atoms. The smallest absolute Gasteiger partial charge is 0.335 e. The Labute approximate surface area is 188 Å². The van der Waals surface area contributed by atoms with Gasteiger partial charge < -0.3 is 9.47 Å². The molecule has 0 unspecified atom stereocenters. The summed E-state index contributed by atoms with van der Waals surface area (Å²) in [5.74, 6) is -0.766. The largest absolute Gasteiger partial charge is 0.469 e. The van der Waals surface area contributed by atoms with E-state index in [1.54, 1.807) is 0 Å². The molecule has 0 aromatic carbocycles. The van der Waals surface area contributed by atoms with Gasteiger partial charge in [0.2, 0.25) is 11.0 Å². The molecule has 1 aromatic rings. The van der Waals surface area contributed by atoms with Crippen molar-refractivity contribution >= 4 is 52.4 Å². The van der Waals surface area contributed by atoms with Crippen molar-refractivity contribution in [2.24, 2.45) is 0 Å². The van der Waals surface area contributed by atoms with E-state index in [1.165, 1.54) is 14.0 Å². The summed E-state index contributed by atoms with van der Waals surface area (Å²) < 4.78 is 24.3. The molecular weight excluding hydrogens is 449 g/mol. The van der Waals surface area contributed by atoms with Crippen LogP contribution in [0.15, 0.2) is 11.1 Å². The lowest BCUT2D eigenvalue weighted by molar-refractivity contribution is -0.140. The normalized spacial score (nSPS) is 13.4. The number of rotatable bonds is 7. The predicted molar refractivity (Wildman–Crippen MR) is 113 cm³/mol. The topological polar surface area (TPSA) is 90.0 Å². The lowest BCUT2D eigenvalue weighted by Gasteiger charge is -2.25. The van der Waals surface area contributed by atoms with Gasteiger partial charge in [-0.1, -0.05) is 24.4 Å². The molecule has 0 spiro atoms. The number of halogens is 2. The Morgan fingerprint density at radius 2 is 1.87 bits per heavy atom. The molecule has 0 aliphatic heterocycles. The van der Waals surface area contributed by atoms with Crippen LogP contribution >= 0.6 is 22.9 Å². The standard InChI is InChI=1S/C21H21ClFNO6S/c1-4-10-30-21(28)13-9-7-6-8-12(13)20(27)24(15(25)5-2)18-17(22)14(31-19(18)23)11-16(26)29-3/h1H,5-11H2,2-3H3. The molecule has 0 N–H and O–H groups in total. The molecule has 7 nitrogen and oxygen atoms in total. The molecule has 166 valence electrons. The Bertz CT molecular complexity index is 977. The summed E-state index contributed by atoms with van der Waals surface area (Å²) in [5.41, 5.74) is -0.259. The van der Waals surface area contributed by atoms with Gasteiger partial charge >= 0.3 is 11.9 Å². The first-order chi connectivity index (χ1) is 14.8. The average molecular weight is 470 g/mol. The molecule has 0 fully saturated rings. The Morgan fingerprint density at radius 3 is 2.45 bits per heavy atom. The van der Waals surface area contributed by atoms with Crippen molar-refractivity contribution in [2.45, 2.75) is 45.4 Å². The van der Waals surface area contributed by atoms with Crippen LogP contribution in [0.25, 0.3) is 0 Å². The second-order valence-corrected chi connectivity index (χ2v) is 7.98. The Balaban J connectivity index is 2.54. The van der Waals surface area contributed by atoms with E-state index in [0.29, 0.717) is 29.1 Å². The summed E-state index contributed by atoms with van der Waals surface area (Å²) in [4.78, 5) is 50.8. The summed E-state index contributed by atoms with van der Waals surface area (Å²) in [6.07, 6.45) is 6.42. The highest BCUT2D eigenvalue weighted by atomic mass is 35.5. The number of carbonyl (C=O) groups is 4. The maximum atomic E-state index is 14.8. The number of carbonyl (C=O) groups excluding carboxylic acids is 4. The van der Waals surface area contributed by atoms with E-state index in [4.69, 9.17) is 22.8 Å². The van der Waals surface area contributed by atoms with Crippen LogP contribution in [0.2, 0.25) is 5.02 Å². The van der Waals surface area contributed by atoms with Gasteiger partial charge in [0.1, 0.15) is 5.69 Å². The molecule has 0 saturated heterocycles. The maximum Gasteiger partial charge on any atom is 0.335 e. The minimum atomic E-state index is -0.896. The Kier molecular flexibility index (Phi) is 8.77. The van der Waals surface area contributed by atoms with Crippen LogP contribution in [0.4, 0.5) is 10.1 Å². The molecular formula is C21H21ClFNO6S. The Morgan fingerprint density at radius 1 is 1.23 bits per heavy atom. The van der Waals surface area contributed by atoms with E-state index < -0.39 is 34.6 Å². The van der Waals surface area contributed by atoms with Crippen LogP contribution in [0.3, 0.4) is 0 Å². The minimum Gasteiger partial charge on any atom is -0.469 e. The molecule has 2 rings (SSSR count). The summed E-state index contributed by atoms with van der Waals surface area (Å²) in [6, 6.07) is 0. The lowest BCUT2D eigenvalue weighted by Crippen LogP contribution is -2.39. The van der Waals surface area contributed by atoms with E-state index in [9.17, 15) is 23.6 Å². The fraction of sp³-hybridized carbons (Fsp3) is 0.429. The number of hydrogen-bond acceptors (Lipinski definition) is 7. The van der Waals surface area contributed by atoms with Gasteiger partial charge in [0.15, 0.2) is 6.61 Å². The SMILES string of the molecule is C#CCOC(=O)C1=C(C(=O)N(C(=O)CC)c2c(F)sc(CC(=O)OC)c2Cl)CCCC1. The molecule has 0 atom stereocenters. The van der Waals surface area contributed by atoms with Crippen LogP contribution < -0.4 is 4.90 Å². The number of imide groups is 1. The molecule has 1 aliphatic rings. The van der Waals surface area contributed by atoms with Gasteiger partial charge in [-0.2, -0.15) is 4.39 Å². The fourth-order valence-corrected chi connectivity index (χ4v) is 4.40. The summed E-state index contributed by atoms with van der Waals surface area (Å²) in [7, 11) is 1.17.